The fraction of sp³-hybridized carbons (Fsp3) is 0.500. The maximum Gasteiger partial charge on any atom is 0.328 e. The monoisotopic (exact) mass is 307 g/mol. The van der Waals surface area contributed by atoms with E-state index in [0.717, 1.165) is 36.0 Å². The fourth-order valence-corrected chi connectivity index (χ4v) is 3.56. The Morgan fingerprint density at radius 2 is 2.10 bits per heavy atom. The largest absolute Gasteiger partial charge is 0.478 e. The molecule has 0 aromatic carbocycles. The SMILES string of the molecule is Cc1cc(C(=O)N2CCC(C)C(C)C2)sc1/C=C/C(=O)O. The van der Waals surface area contributed by atoms with Gasteiger partial charge in [0.25, 0.3) is 5.91 Å². The number of hydrogen-bond acceptors (Lipinski definition) is 3. The van der Waals surface area contributed by atoms with Crippen molar-refractivity contribution in [3.05, 3.63) is 27.5 Å². The van der Waals surface area contributed by atoms with Crippen LogP contribution in [0.25, 0.3) is 6.08 Å². The molecule has 1 aromatic heterocycles. The van der Waals surface area contributed by atoms with Crippen molar-refractivity contribution in [3.8, 4) is 0 Å². The van der Waals surface area contributed by atoms with E-state index in [4.69, 9.17) is 5.11 Å². The summed E-state index contributed by atoms with van der Waals surface area (Å²) in [6, 6.07) is 1.86. The number of carbonyl (C=O) groups is 2. The molecule has 114 valence electrons. The zero-order chi connectivity index (χ0) is 15.6. The van der Waals surface area contributed by atoms with Gasteiger partial charge in [-0.3, -0.25) is 4.79 Å². The first-order valence-corrected chi connectivity index (χ1v) is 8.01. The van der Waals surface area contributed by atoms with Gasteiger partial charge in [0.15, 0.2) is 0 Å². The molecule has 1 amide bonds. The molecule has 1 saturated heterocycles. The van der Waals surface area contributed by atoms with Crippen molar-refractivity contribution in [2.75, 3.05) is 13.1 Å². The lowest BCUT2D eigenvalue weighted by Crippen LogP contribution is -2.41. The smallest absolute Gasteiger partial charge is 0.328 e. The van der Waals surface area contributed by atoms with Crippen molar-refractivity contribution in [2.24, 2.45) is 11.8 Å². The summed E-state index contributed by atoms with van der Waals surface area (Å²) < 4.78 is 0. The lowest BCUT2D eigenvalue weighted by molar-refractivity contribution is -0.131. The molecule has 2 heterocycles. The van der Waals surface area contributed by atoms with E-state index in [1.165, 1.54) is 11.3 Å². The average molecular weight is 307 g/mol. The van der Waals surface area contributed by atoms with Crippen molar-refractivity contribution in [1.82, 2.24) is 4.90 Å². The van der Waals surface area contributed by atoms with Crippen LogP contribution in [0, 0.1) is 18.8 Å². The molecule has 0 aliphatic carbocycles. The topological polar surface area (TPSA) is 57.6 Å². The highest BCUT2D eigenvalue weighted by atomic mass is 32.1. The Kier molecular flexibility index (Phi) is 4.83. The Balaban J connectivity index is 2.13. The summed E-state index contributed by atoms with van der Waals surface area (Å²) in [4.78, 5) is 26.6. The molecule has 2 unspecified atom stereocenters. The van der Waals surface area contributed by atoms with Gasteiger partial charge in [-0.25, -0.2) is 4.79 Å². The number of amides is 1. The normalized spacial score (nSPS) is 22.7. The van der Waals surface area contributed by atoms with Gasteiger partial charge in [-0.1, -0.05) is 13.8 Å². The van der Waals surface area contributed by atoms with Crippen molar-refractivity contribution >= 4 is 29.3 Å². The fourth-order valence-electron chi connectivity index (χ4n) is 2.52. The maximum atomic E-state index is 12.6. The van der Waals surface area contributed by atoms with E-state index in [1.807, 2.05) is 17.9 Å². The van der Waals surface area contributed by atoms with E-state index in [2.05, 4.69) is 13.8 Å². The van der Waals surface area contributed by atoms with Gasteiger partial charge >= 0.3 is 5.97 Å². The van der Waals surface area contributed by atoms with E-state index in [1.54, 1.807) is 6.08 Å². The number of aryl methyl sites for hydroxylation is 1. The quantitative estimate of drug-likeness (QED) is 0.872. The summed E-state index contributed by atoms with van der Waals surface area (Å²) in [5.74, 6) is 0.273. The van der Waals surface area contributed by atoms with Gasteiger partial charge in [-0.2, -0.15) is 0 Å². The zero-order valence-electron chi connectivity index (χ0n) is 12.6. The first kappa shape index (κ1) is 15.8. The second-order valence-corrected chi connectivity index (χ2v) is 6.91. The van der Waals surface area contributed by atoms with E-state index in [0.29, 0.717) is 16.7 Å². The number of nitrogens with zero attached hydrogens (tertiary/aromatic N) is 1. The maximum absolute atomic E-state index is 12.6. The number of hydrogen-bond donors (Lipinski definition) is 1. The molecule has 0 radical (unpaired) electrons. The van der Waals surface area contributed by atoms with Crippen molar-refractivity contribution in [2.45, 2.75) is 27.2 Å². The molecule has 5 heteroatoms. The molecule has 2 rings (SSSR count). The molecular formula is C16H21NO3S. The summed E-state index contributed by atoms with van der Waals surface area (Å²) in [5.41, 5.74) is 0.944. The predicted octanol–water partition coefficient (Wildman–Crippen LogP) is 3.27. The molecule has 21 heavy (non-hydrogen) atoms. The summed E-state index contributed by atoms with van der Waals surface area (Å²) >= 11 is 1.36. The molecule has 0 saturated carbocycles. The molecule has 1 aliphatic heterocycles. The number of aliphatic carboxylic acids is 1. The summed E-state index contributed by atoms with van der Waals surface area (Å²) in [5, 5.41) is 8.68. The number of carboxylic acid groups (broad SMARTS) is 1. The molecule has 4 nitrogen and oxygen atoms in total. The number of thiophene rings is 1. The lowest BCUT2D eigenvalue weighted by atomic mass is 9.88. The summed E-state index contributed by atoms with van der Waals surface area (Å²) in [6.07, 6.45) is 3.71. The Morgan fingerprint density at radius 1 is 1.38 bits per heavy atom. The molecule has 0 spiro atoms. The third kappa shape index (κ3) is 3.73. The molecule has 1 N–H and O–H groups in total. The van der Waals surface area contributed by atoms with Crippen LogP contribution in [0.3, 0.4) is 0 Å². The number of likely N-dealkylation sites (tertiary alicyclic amines) is 1. The third-order valence-corrected chi connectivity index (χ3v) is 5.36. The van der Waals surface area contributed by atoms with Gasteiger partial charge in [0.05, 0.1) is 4.88 Å². The van der Waals surface area contributed by atoms with Crippen LogP contribution < -0.4 is 0 Å². The van der Waals surface area contributed by atoms with Gasteiger partial charge in [-0.05, 0) is 42.9 Å². The molecular weight excluding hydrogens is 286 g/mol. The van der Waals surface area contributed by atoms with Gasteiger partial charge in [0.1, 0.15) is 0 Å². The van der Waals surface area contributed by atoms with Crippen molar-refractivity contribution < 1.29 is 14.7 Å². The molecule has 1 aromatic rings. The Hall–Kier alpha value is -1.62. The highest BCUT2D eigenvalue weighted by Gasteiger charge is 2.27. The molecule has 0 bridgehead atoms. The van der Waals surface area contributed by atoms with Crippen LogP contribution in [0.15, 0.2) is 12.1 Å². The summed E-state index contributed by atoms with van der Waals surface area (Å²) in [6.45, 7) is 7.93. The van der Waals surface area contributed by atoms with Crippen LogP contribution in [0.2, 0.25) is 0 Å². The first-order chi connectivity index (χ1) is 9.88. The van der Waals surface area contributed by atoms with E-state index in [-0.39, 0.29) is 5.91 Å². The van der Waals surface area contributed by atoms with Crippen LogP contribution >= 0.6 is 11.3 Å². The van der Waals surface area contributed by atoms with Gasteiger partial charge in [-0.15, -0.1) is 11.3 Å². The minimum atomic E-state index is -0.977. The summed E-state index contributed by atoms with van der Waals surface area (Å²) in [7, 11) is 0. The molecule has 1 fully saturated rings. The van der Waals surface area contributed by atoms with Crippen LogP contribution in [-0.4, -0.2) is 35.0 Å². The van der Waals surface area contributed by atoms with Gasteiger partial charge < -0.3 is 10.0 Å². The highest BCUT2D eigenvalue weighted by Crippen LogP contribution is 2.28. The van der Waals surface area contributed by atoms with Crippen molar-refractivity contribution in [3.63, 3.8) is 0 Å². The minimum absolute atomic E-state index is 0.0665. The van der Waals surface area contributed by atoms with Gasteiger partial charge in [0.2, 0.25) is 0 Å². The Labute approximate surface area is 129 Å². The third-order valence-electron chi connectivity index (χ3n) is 4.17. The van der Waals surface area contributed by atoms with E-state index < -0.39 is 5.97 Å². The highest BCUT2D eigenvalue weighted by molar-refractivity contribution is 7.15. The first-order valence-electron chi connectivity index (χ1n) is 7.19. The van der Waals surface area contributed by atoms with Crippen LogP contribution in [0.5, 0.6) is 0 Å². The molecule has 2 atom stereocenters. The van der Waals surface area contributed by atoms with E-state index in [9.17, 15) is 9.59 Å². The second kappa shape index (κ2) is 6.43. The minimum Gasteiger partial charge on any atom is -0.478 e. The number of carbonyl (C=O) groups excluding carboxylic acids is 1. The van der Waals surface area contributed by atoms with Gasteiger partial charge in [0, 0.05) is 24.0 Å². The number of rotatable bonds is 3. The standard InChI is InChI=1S/C16H21NO3S/c1-10-6-7-17(9-12(10)3)16(20)14-8-11(2)13(21-14)4-5-15(18)19/h4-5,8,10,12H,6-7,9H2,1-3H3,(H,18,19)/b5-4+. The molecule has 1 aliphatic rings. The van der Waals surface area contributed by atoms with E-state index >= 15 is 0 Å². The van der Waals surface area contributed by atoms with Crippen LogP contribution in [0.4, 0.5) is 0 Å². The zero-order valence-corrected chi connectivity index (χ0v) is 13.4. The number of carboxylic acids is 1. The number of piperidine rings is 1. The Morgan fingerprint density at radius 3 is 2.71 bits per heavy atom. The Bertz CT molecular complexity index is 576. The predicted molar refractivity (Wildman–Crippen MR) is 84.6 cm³/mol. The average Bonchev–Trinajstić information content (AvgIpc) is 2.80. The van der Waals surface area contributed by atoms with Crippen LogP contribution in [0.1, 0.15) is 40.4 Å². The van der Waals surface area contributed by atoms with Crippen LogP contribution in [-0.2, 0) is 4.79 Å². The second-order valence-electron chi connectivity index (χ2n) is 5.82. The lowest BCUT2D eigenvalue weighted by Gasteiger charge is -2.35. The van der Waals surface area contributed by atoms with Crippen molar-refractivity contribution in [1.29, 1.82) is 0 Å².